The Labute approximate surface area is 153 Å². The zero-order chi connectivity index (χ0) is 17.8. The Morgan fingerprint density at radius 2 is 2.04 bits per heavy atom. The Morgan fingerprint density at radius 3 is 2.76 bits per heavy atom. The Hall–Kier alpha value is -1.65. The molecule has 1 atom stereocenters. The number of likely N-dealkylation sites (tertiary alicyclic amines) is 1. The van der Waals surface area contributed by atoms with E-state index in [2.05, 4.69) is 51.1 Å². The first-order valence-corrected chi connectivity index (χ1v) is 9.87. The van der Waals surface area contributed by atoms with Crippen molar-refractivity contribution in [1.29, 1.82) is 0 Å². The van der Waals surface area contributed by atoms with Crippen molar-refractivity contribution in [2.24, 2.45) is 11.1 Å². The van der Waals surface area contributed by atoms with Crippen LogP contribution >= 0.6 is 11.3 Å². The molecule has 1 aromatic heterocycles. The molecule has 1 unspecified atom stereocenters. The number of rotatable bonds is 2. The summed E-state index contributed by atoms with van der Waals surface area (Å²) in [5.74, 6) is 0.173. The summed E-state index contributed by atoms with van der Waals surface area (Å²) in [5.41, 5.74) is 10.1. The minimum Gasteiger partial charge on any atom is -0.337 e. The third-order valence-electron chi connectivity index (χ3n) is 5.89. The summed E-state index contributed by atoms with van der Waals surface area (Å²) >= 11 is 1.66. The van der Waals surface area contributed by atoms with Gasteiger partial charge in [-0.25, -0.2) is 0 Å². The third kappa shape index (κ3) is 2.72. The summed E-state index contributed by atoms with van der Waals surface area (Å²) in [6, 6.07) is 10.8. The summed E-state index contributed by atoms with van der Waals surface area (Å²) in [5, 5.41) is 0. The fourth-order valence-electron chi connectivity index (χ4n) is 4.26. The highest BCUT2D eigenvalue weighted by atomic mass is 32.1. The summed E-state index contributed by atoms with van der Waals surface area (Å²) < 4.78 is 0. The summed E-state index contributed by atoms with van der Waals surface area (Å²) in [6.45, 7) is 8.99. The molecule has 1 amide bonds. The van der Waals surface area contributed by atoms with Crippen LogP contribution in [-0.4, -0.2) is 30.4 Å². The molecule has 3 nitrogen and oxygen atoms in total. The Balaban J connectivity index is 1.68. The maximum absolute atomic E-state index is 13.0. The normalized spacial score (nSPS) is 24.1. The van der Waals surface area contributed by atoms with Gasteiger partial charge in [-0.2, -0.15) is 0 Å². The van der Waals surface area contributed by atoms with Crippen LogP contribution in [0.3, 0.4) is 0 Å². The van der Waals surface area contributed by atoms with Gasteiger partial charge in [-0.1, -0.05) is 45.0 Å². The number of nitrogens with two attached hydrogens (primary N) is 1. The number of fused-ring (bicyclic) bond motifs is 3. The lowest BCUT2D eigenvalue weighted by Crippen LogP contribution is -2.34. The van der Waals surface area contributed by atoms with Crippen molar-refractivity contribution in [3.8, 4) is 10.4 Å². The number of carbonyl (C=O) groups is 1. The Morgan fingerprint density at radius 1 is 1.28 bits per heavy atom. The van der Waals surface area contributed by atoms with Crippen LogP contribution < -0.4 is 5.73 Å². The molecule has 0 bridgehead atoms. The number of hydrogen-bond donors (Lipinski definition) is 1. The van der Waals surface area contributed by atoms with E-state index < -0.39 is 0 Å². The predicted octanol–water partition coefficient (Wildman–Crippen LogP) is 4.06. The lowest BCUT2D eigenvalue weighted by molar-refractivity contribution is 0.0781. The first-order chi connectivity index (χ1) is 11.8. The molecule has 132 valence electrons. The molecule has 25 heavy (non-hydrogen) atoms. The zero-order valence-electron chi connectivity index (χ0n) is 15.3. The van der Waals surface area contributed by atoms with Crippen molar-refractivity contribution in [1.82, 2.24) is 4.90 Å². The smallest absolute Gasteiger partial charge is 0.263 e. The lowest BCUT2D eigenvalue weighted by atomic mass is 9.73. The van der Waals surface area contributed by atoms with E-state index in [9.17, 15) is 4.79 Å². The number of amides is 1. The van der Waals surface area contributed by atoms with E-state index in [0.29, 0.717) is 6.54 Å². The second-order valence-corrected chi connectivity index (χ2v) is 9.61. The second kappa shape index (κ2) is 5.68. The highest BCUT2D eigenvalue weighted by Gasteiger charge is 2.37. The van der Waals surface area contributed by atoms with E-state index >= 15 is 0 Å². The average Bonchev–Trinajstić information content (AvgIpc) is 3.18. The van der Waals surface area contributed by atoms with Crippen molar-refractivity contribution < 1.29 is 4.79 Å². The van der Waals surface area contributed by atoms with E-state index in [1.165, 1.54) is 21.6 Å². The van der Waals surface area contributed by atoms with Gasteiger partial charge in [0.25, 0.3) is 5.91 Å². The van der Waals surface area contributed by atoms with Crippen molar-refractivity contribution in [3.63, 3.8) is 0 Å². The molecule has 0 saturated carbocycles. The highest BCUT2D eigenvalue weighted by molar-refractivity contribution is 7.17. The minimum absolute atomic E-state index is 0.0706. The number of thiophene rings is 1. The van der Waals surface area contributed by atoms with Crippen molar-refractivity contribution in [3.05, 3.63) is 46.3 Å². The summed E-state index contributed by atoms with van der Waals surface area (Å²) in [4.78, 5) is 17.2. The van der Waals surface area contributed by atoms with E-state index in [-0.39, 0.29) is 16.7 Å². The summed E-state index contributed by atoms with van der Waals surface area (Å²) in [7, 11) is 0. The van der Waals surface area contributed by atoms with Gasteiger partial charge in [0.15, 0.2) is 0 Å². The average molecular weight is 355 g/mol. The van der Waals surface area contributed by atoms with Crippen LogP contribution in [0, 0.1) is 5.41 Å². The molecule has 1 aliphatic heterocycles. The van der Waals surface area contributed by atoms with Crippen molar-refractivity contribution in [2.45, 2.75) is 39.0 Å². The molecule has 0 spiro atoms. The topological polar surface area (TPSA) is 46.3 Å². The van der Waals surface area contributed by atoms with Crippen LogP contribution in [0.5, 0.6) is 0 Å². The third-order valence-corrected chi connectivity index (χ3v) is 7.09. The molecule has 1 aliphatic carbocycles. The summed E-state index contributed by atoms with van der Waals surface area (Å²) in [6.07, 6.45) is 1.99. The molecule has 4 heteroatoms. The van der Waals surface area contributed by atoms with E-state index in [1.54, 1.807) is 11.3 Å². The zero-order valence-corrected chi connectivity index (χ0v) is 16.1. The fourth-order valence-corrected chi connectivity index (χ4v) is 5.44. The molecule has 2 heterocycles. The van der Waals surface area contributed by atoms with Crippen LogP contribution in [0.25, 0.3) is 10.4 Å². The van der Waals surface area contributed by atoms with Gasteiger partial charge in [0, 0.05) is 18.0 Å². The molecule has 1 saturated heterocycles. The number of hydrogen-bond acceptors (Lipinski definition) is 3. The number of nitrogens with zero attached hydrogens (tertiary/aromatic N) is 1. The standard InChI is InChI=1S/C21H26N2OS/c1-20(2)11-14-10-17(19(24)23-9-8-21(3,12-22)13-23)25-18(14)15-6-4-5-7-16(15)20/h4-7,10H,8-9,11-13,22H2,1-3H3. The molecule has 1 fully saturated rings. The van der Waals surface area contributed by atoms with Gasteiger partial charge in [0.1, 0.15) is 0 Å². The predicted molar refractivity (Wildman–Crippen MR) is 104 cm³/mol. The van der Waals surface area contributed by atoms with Crippen LogP contribution in [0.1, 0.15) is 48.0 Å². The molecule has 2 aliphatic rings. The first kappa shape index (κ1) is 16.8. The monoisotopic (exact) mass is 354 g/mol. The van der Waals surface area contributed by atoms with Gasteiger partial charge in [-0.15, -0.1) is 11.3 Å². The molecule has 2 aromatic rings. The molecule has 0 radical (unpaired) electrons. The van der Waals surface area contributed by atoms with Crippen molar-refractivity contribution in [2.75, 3.05) is 19.6 Å². The van der Waals surface area contributed by atoms with Gasteiger partial charge < -0.3 is 10.6 Å². The fraction of sp³-hybridized carbons (Fsp3) is 0.476. The second-order valence-electron chi connectivity index (χ2n) is 8.56. The maximum Gasteiger partial charge on any atom is 0.263 e. The Bertz CT molecular complexity index is 838. The van der Waals surface area contributed by atoms with Crippen LogP contribution in [0.4, 0.5) is 0 Å². The lowest BCUT2D eigenvalue weighted by Gasteiger charge is -2.32. The molecule has 1 aromatic carbocycles. The van der Waals surface area contributed by atoms with E-state index in [4.69, 9.17) is 5.73 Å². The van der Waals surface area contributed by atoms with Gasteiger partial charge >= 0.3 is 0 Å². The molecular weight excluding hydrogens is 328 g/mol. The largest absolute Gasteiger partial charge is 0.337 e. The maximum atomic E-state index is 13.0. The van der Waals surface area contributed by atoms with Crippen LogP contribution in [0.15, 0.2) is 30.3 Å². The first-order valence-electron chi connectivity index (χ1n) is 9.05. The Kier molecular flexibility index (Phi) is 3.82. The molecule has 2 N–H and O–H groups in total. The number of carbonyl (C=O) groups excluding carboxylic acids is 1. The van der Waals surface area contributed by atoms with Gasteiger partial charge in [0.2, 0.25) is 0 Å². The van der Waals surface area contributed by atoms with E-state index in [1.807, 2.05) is 4.90 Å². The number of benzene rings is 1. The van der Waals surface area contributed by atoms with Crippen LogP contribution in [0.2, 0.25) is 0 Å². The van der Waals surface area contributed by atoms with Crippen LogP contribution in [-0.2, 0) is 11.8 Å². The molecule has 4 rings (SSSR count). The highest BCUT2D eigenvalue weighted by Crippen LogP contribution is 2.47. The van der Waals surface area contributed by atoms with Gasteiger partial charge in [-0.3, -0.25) is 4.79 Å². The quantitative estimate of drug-likeness (QED) is 0.884. The van der Waals surface area contributed by atoms with Gasteiger partial charge in [-0.05, 0) is 53.0 Å². The van der Waals surface area contributed by atoms with E-state index in [0.717, 1.165) is 30.8 Å². The van der Waals surface area contributed by atoms with Crippen molar-refractivity contribution >= 4 is 17.2 Å². The van der Waals surface area contributed by atoms with Gasteiger partial charge in [0.05, 0.1) is 4.88 Å². The SMILES string of the molecule is CC1(CN)CCN(C(=O)c2cc3c(s2)-c2ccccc2C(C)(C)C3)C1. The molecular formula is C21H26N2OS. The minimum atomic E-state index is 0.0706.